The van der Waals surface area contributed by atoms with Crippen LogP contribution < -0.4 is 5.73 Å². The van der Waals surface area contributed by atoms with Gasteiger partial charge in [-0.05, 0) is 25.5 Å². The Morgan fingerprint density at radius 3 is 2.85 bits per heavy atom. The van der Waals surface area contributed by atoms with Gasteiger partial charge in [0, 0.05) is 11.7 Å². The minimum atomic E-state index is -0.389. The molecule has 0 amide bonds. The zero-order valence-corrected chi connectivity index (χ0v) is 7.57. The summed E-state index contributed by atoms with van der Waals surface area (Å²) < 4.78 is 0. The molecular formula is C8H11N5. The molecule has 2 aromatic heterocycles. The predicted octanol–water partition coefficient (Wildman–Crippen LogP) is 0.547. The first kappa shape index (κ1) is 8.12. The van der Waals surface area contributed by atoms with Gasteiger partial charge >= 0.3 is 0 Å². The Balaban J connectivity index is 2.61. The van der Waals surface area contributed by atoms with E-state index in [4.69, 9.17) is 5.73 Å². The number of nitrogens with one attached hydrogen (secondary N) is 1. The van der Waals surface area contributed by atoms with Crippen LogP contribution in [0.3, 0.4) is 0 Å². The molecule has 2 rings (SSSR count). The van der Waals surface area contributed by atoms with Gasteiger partial charge in [0.15, 0.2) is 0 Å². The molecule has 0 aromatic carbocycles. The first-order chi connectivity index (χ1) is 6.07. The number of rotatable bonds is 1. The molecule has 5 nitrogen and oxygen atoms in total. The number of hydrogen-bond donors (Lipinski definition) is 2. The van der Waals surface area contributed by atoms with Gasteiger partial charge in [-0.25, -0.2) is 4.98 Å². The largest absolute Gasteiger partial charge is 0.322 e. The highest BCUT2D eigenvalue weighted by Crippen LogP contribution is 2.17. The number of pyridine rings is 1. The van der Waals surface area contributed by atoms with E-state index in [0.29, 0.717) is 5.65 Å². The third-order valence-corrected chi connectivity index (χ3v) is 1.92. The van der Waals surface area contributed by atoms with Crippen molar-refractivity contribution in [2.75, 3.05) is 0 Å². The lowest BCUT2D eigenvalue weighted by Crippen LogP contribution is -2.28. The van der Waals surface area contributed by atoms with Crippen LogP contribution in [-0.2, 0) is 5.54 Å². The Morgan fingerprint density at radius 2 is 2.15 bits per heavy atom. The summed E-state index contributed by atoms with van der Waals surface area (Å²) in [5, 5.41) is 10.3. The second-order valence-corrected chi connectivity index (χ2v) is 3.61. The van der Waals surface area contributed by atoms with Crippen molar-refractivity contribution in [1.82, 2.24) is 20.4 Å². The molecule has 13 heavy (non-hydrogen) atoms. The summed E-state index contributed by atoms with van der Waals surface area (Å²) in [7, 11) is 0. The highest BCUT2D eigenvalue weighted by atomic mass is 15.3. The third-order valence-electron chi connectivity index (χ3n) is 1.92. The van der Waals surface area contributed by atoms with Crippen molar-refractivity contribution in [1.29, 1.82) is 0 Å². The molecule has 0 saturated carbocycles. The summed E-state index contributed by atoms with van der Waals surface area (Å²) in [6.45, 7) is 3.85. The lowest BCUT2D eigenvalue weighted by Gasteiger charge is -2.17. The standard InChI is InChI=1S/C8H11N5/c1-8(2,9)5-3-6-7(10-4-5)12-13-11-6/h3-4H,9H2,1-2H3,(H,10,11,12,13). The highest BCUT2D eigenvalue weighted by Gasteiger charge is 2.15. The molecule has 3 N–H and O–H groups in total. The number of aromatic amines is 1. The maximum atomic E-state index is 5.92. The molecule has 68 valence electrons. The van der Waals surface area contributed by atoms with E-state index < -0.39 is 0 Å². The summed E-state index contributed by atoms with van der Waals surface area (Å²) in [5.41, 5.74) is 7.85. The second-order valence-electron chi connectivity index (χ2n) is 3.61. The third kappa shape index (κ3) is 1.38. The molecule has 0 spiro atoms. The number of nitrogens with two attached hydrogens (primary N) is 1. The topological polar surface area (TPSA) is 80.5 Å². The average Bonchev–Trinajstić information content (AvgIpc) is 2.47. The second kappa shape index (κ2) is 2.50. The molecule has 5 heteroatoms. The average molecular weight is 177 g/mol. The first-order valence-electron chi connectivity index (χ1n) is 4.03. The van der Waals surface area contributed by atoms with Gasteiger partial charge < -0.3 is 5.73 Å². The molecule has 0 aliphatic carbocycles. The van der Waals surface area contributed by atoms with Gasteiger partial charge in [0.25, 0.3) is 0 Å². The van der Waals surface area contributed by atoms with Crippen molar-refractivity contribution < 1.29 is 0 Å². The summed E-state index contributed by atoms with van der Waals surface area (Å²) in [4.78, 5) is 4.12. The van der Waals surface area contributed by atoms with Gasteiger partial charge in [-0.1, -0.05) is 0 Å². The van der Waals surface area contributed by atoms with Crippen LogP contribution in [0, 0.1) is 0 Å². The van der Waals surface area contributed by atoms with E-state index in [2.05, 4.69) is 20.4 Å². The van der Waals surface area contributed by atoms with Gasteiger partial charge in [0.1, 0.15) is 5.52 Å². The minimum absolute atomic E-state index is 0.389. The van der Waals surface area contributed by atoms with Gasteiger partial charge in [0.05, 0.1) is 0 Å². The van der Waals surface area contributed by atoms with Crippen LogP contribution in [0.4, 0.5) is 0 Å². The van der Waals surface area contributed by atoms with E-state index in [1.54, 1.807) is 6.20 Å². The van der Waals surface area contributed by atoms with Crippen LogP contribution in [-0.4, -0.2) is 20.4 Å². The zero-order valence-electron chi connectivity index (χ0n) is 7.57. The Bertz CT molecular complexity index is 425. The van der Waals surface area contributed by atoms with Crippen LogP contribution >= 0.6 is 0 Å². The molecule has 0 unspecified atom stereocenters. The van der Waals surface area contributed by atoms with E-state index >= 15 is 0 Å². The summed E-state index contributed by atoms with van der Waals surface area (Å²) in [6.07, 6.45) is 1.73. The summed E-state index contributed by atoms with van der Waals surface area (Å²) in [5.74, 6) is 0. The Kier molecular flexibility index (Phi) is 1.56. The van der Waals surface area contributed by atoms with Crippen molar-refractivity contribution in [3.63, 3.8) is 0 Å². The van der Waals surface area contributed by atoms with Gasteiger partial charge in [-0.15, -0.1) is 5.10 Å². The molecule has 0 fully saturated rings. The Labute approximate surface area is 75.4 Å². The molecule has 0 saturated heterocycles. The molecule has 0 aliphatic rings. The van der Waals surface area contributed by atoms with Crippen molar-refractivity contribution in [3.05, 3.63) is 17.8 Å². The fraction of sp³-hybridized carbons (Fsp3) is 0.375. The highest BCUT2D eigenvalue weighted by molar-refractivity contribution is 5.69. The fourth-order valence-electron chi connectivity index (χ4n) is 1.09. The van der Waals surface area contributed by atoms with Gasteiger partial charge in [-0.2, -0.15) is 10.3 Å². The van der Waals surface area contributed by atoms with Crippen molar-refractivity contribution in [2.45, 2.75) is 19.4 Å². The van der Waals surface area contributed by atoms with Crippen LogP contribution in [0.15, 0.2) is 12.3 Å². The van der Waals surface area contributed by atoms with E-state index in [9.17, 15) is 0 Å². The maximum absolute atomic E-state index is 5.92. The smallest absolute Gasteiger partial charge is 0.201 e. The number of H-pyrrole nitrogens is 1. The van der Waals surface area contributed by atoms with Crippen molar-refractivity contribution in [3.8, 4) is 0 Å². The van der Waals surface area contributed by atoms with E-state index in [0.717, 1.165) is 11.1 Å². The SMILES string of the molecule is CC(C)(N)c1cnc2n[nH]nc2c1. The lowest BCUT2D eigenvalue weighted by atomic mass is 9.97. The first-order valence-corrected chi connectivity index (χ1v) is 4.03. The van der Waals surface area contributed by atoms with Crippen molar-refractivity contribution >= 4 is 11.2 Å². The molecule has 2 heterocycles. The summed E-state index contributed by atoms with van der Waals surface area (Å²) in [6, 6.07) is 1.89. The van der Waals surface area contributed by atoms with Crippen LogP contribution in [0.5, 0.6) is 0 Å². The monoisotopic (exact) mass is 177 g/mol. The van der Waals surface area contributed by atoms with Crippen LogP contribution in [0.2, 0.25) is 0 Å². The zero-order chi connectivity index (χ0) is 9.47. The van der Waals surface area contributed by atoms with E-state index in [-0.39, 0.29) is 5.54 Å². The Hall–Kier alpha value is -1.49. The maximum Gasteiger partial charge on any atom is 0.201 e. The van der Waals surface area contributed by atoms with Gasteiger partial charge in [0.2, 0.25) is 5.65 Å². The number of hydrogen-bond acceptors (Lipinski definition) is 4. The van der Waals surface area contributed by atoms with Crippen LogP contribution in [0.1, 0.15) is 19.4 Å². The molecular weight excluding hydrogens is 166 g/mol. The quantitative estimate of drug-likeness (QED) is 0.666. The molecule has 0 radical (unpaired) electrons. The number of nitrogens with zero attached hydrogens (tertiary/aromatic N) is 3. The van der Waals surface area contributed by atoms with E-state index in [1.165, 1.54) is 0 Å². The minimum Gasteiger partial charge on any atom is -0.322 e. The number of fused-ring (bicyclic) bond motifs is 1. The fourth-order valence-corrected chi connectivity index (χ4v) is 1.09. The Morgan fingerprint density at radius 1 is 1.38 bits per heavy atom. The van der Waals surface area contributed by atoms with Crippen LogP contribution in [0.25, 0.3) is 11.2 Å². The molecule has 0 aliphatic heterocycles. The number of aromatic nitrogens is 4. The normalized spacial score (nSPS) is 12.2. The van der Waals surface area contributed by atoms with Gasteiger partial charge in [-0.3, -0.25) is 0 Å². The lowest BCUT2D eigenvalue weighted by molar-refractivity contribution is 0.553. The summed E-state index contributed by atoms with van der Waals surface area (Å²) >= 11 is 0. The van der Waals surface area contributed by atoms with Crippen molar-refractivity contribution in [2.24, 2.45) is 5.73 Å². The molecule has 0 bridgehead atoms. The van der Waals surface area contributed by atoms with E-state index in [1.807, 2.05) is 19.9 Å². The predicted molar refractivity (Wildman–Crippen MR) is 48.9 cm³/mol. The molecule has 2 aromatic rings. The molecule has 0 atom stereocenters.